The summed E-state index contributed by atoms with van der Waals surface area (Å²) in [6.45, 7) is 0. The molecule has 0 fully saturated rings. The van der Waals surface area contributed by atoms with Gasteiger partial charge in [-0.1, -0.05) is 0 Å². The Labute approximate surface area is 129 Å². The van der Waals surface area contributed by atoms with Crippen LogP contribution in [0.2, 0.25) is 0 Å². The van der Waals surface area contributed by atoms with Crippen LogP contribution in [-0.4, -0.2) is 62.8 Å². The van der Waals surface area contributed by atoms with Crippen LogP contribution in [0, 0.1) is 0 Å². The van der Waals surface area contributed by atoms with E-state index in [0.29, 0.717) is 0 Å². The summed E-state index contributed by atoms with van der Waals surface area (Å²) in [6.07, 6.45) is 0. The summed E-state index contributed by atoms with van der Waals surface area (Å²) < 4.78 is 68.2. The Balaban J connectivity index is -0.0000000145. The maximum Gasteiger partial charge on any atom is 2.00 e. The van der Waals surface area contributed by atoms with Crippen LogP contribution in [0.1, 0.15) is 0 Å². The summed E-state index contributed by atoms with van der Waals surface area (Å²) in [4.78, 5) is 0. The fourth-order valence-electron chi connectivity index (χ4n) is 0. The van der Waals surface area contributed by atoms with Gasteiger partial charge in [-0.2, -0.15) is 0 Å². The van der Waals surface area contributed by atoms with E-state index < -0.39 is 62.8 Å². The zero-order valence-electron chi connectivity index (χ0n) is 6.66. The van der Waals surface area contributed by atoms with Gasteiger partial charge in [-0.25, -0.2) is 0 Å². The molecule has 0 aliphatic rings. The maximum absolute atomic E-state index is 8.53. The normalized spacial score (nSPS) is 3.43. The van der Waals surface area contributed by atoms with Gasteiger partial charge in [0.25, 0.3) is 0 Å². The van der Waals surface area contributed by atoms with Crippen molar-refractivity contribution < 1.29 is 68.2 Å². The third kappa shape index (κ3) is 754. The first-order valence-corrected chi connectivity index (χ1v) is 9.80. The van der Waals surface area contributed by atoms with Crippen LogP contribution in [0.25, 0.3) is 0 Å². The first-order chi connectivity index (χ1) is 5.66. The van der Waals surface area contributed by atoms with Gasteiger partial charge in [-0.05, 0) is 0 Å². The van der Waals surface area contributed by atoms with E-state index in [1.807, 2.05) is 0 Å². The van der Waals surface area contributed by atoms with Gasteiger partial charge in [0, 0.05) is 0 Å². The van der Waals surface area contributed by atoms with Crippen LogP contribution in [-0.2, 0) is 51.7 Å². The molecule has 0 N–H and O–H groups in total. The van der Waals surface area contributed by atoms with Crippen LogP contribution in [0.15, 0.2) is 0 Å². The van der Waals surface area contributed by atoms with Crippen LogP contribution in [0.5, 0.6) is 0 Å². The Kier molecular flexibility index (Phi) is 218. The molecule has 0 spiro atoms. The van der Waals surface area contributed by atoms with Gasteiger partial charge in [0.1, 0.15) is 0 Å². The fourth-order valence-corrected chi connectivity index (χ4v) is 0. The van der Waals surface area contributed by atoms with E-state index in [1.54, 1.807) is 0 Å². The molecule has 0 unspecified atom stereocenters. The Morgan fingerprint density at radius 2 is 0.571 bits per heavy atom. The third-order valence-electron chi connectivity index (χ3n) is 0. The van der Waals surface area contributed by atoms with E-state index in [9.17, 15) is 0 Å². The number of rotatable bonds is 0. The van der Waals surface area contributed by atoms with E-state index in [-0.39, 0.29) is 36.5 Å². The molecule has 0 aliphatic heterocycles. The standard InChI is InChI=1S/4GeHO2.Mn.Zn/c4*2-1-3;;/h4*1H;;/q4*-1;2*+2. The number of hydrogen-bond donors (Lipinski definition) is 0. The largest absolute Gasteiger partial charge is 2.00 e. The van der Waals surface area contributed by atoms with Crippen LogP contribution in [0.4, 0.5) is 0 Å². The van der Waals surface area contributed by atoms with E-state index in [4.69, 9.17) is 31.6 Å². The second kappa shape index (κ2) is 84.8. The summed E-state index contributed by atoms with van der Waals surface area (Å²) in [5, 5.41) is 0. The molecule has 0 aromatic heterocycles. The molecule has 0 saturated carbocycles. The minimum Gasteiger partial charge on any atom is 2.00 e. The van der Waals surface area contributed by atoms with Crippen molar-refractivity contribution in [3.05, 3.63) is 0 Å². The van der Waals surface area contributed by atoms with Crippen molar-refractivity contribution in [2.75, 3.05) is 0 Å². The van der Waals surface area contributed by atoms with Crippen LogP contribution < -0.4 is 16.5 Å². The average molecular weight is 543 g/mol. The average Bonchev–Trinajstić information content (AvgIpc) is 1.92. The first kappa shape index (κ1) is 36.1. The molecule has 0 aromatic carbocycles. The molecular weight excluding hydrogens is 539 g/mol. The molecule has 0 heterocycles. The zero-order valence-corrected chi connectivity index (χ0v) is 20.5. The molecule has 14 heteroatoms. The molecule has 8 nitrogen and oxygen atoms in total. The predicted octanol–water partition coefficient (Wildman–Crippen LogP) is -7.83. The summed E-state index contributed by atoms with van der Waals surface area (Å²) in [6, 6.07) is 0. The topological polar surface area (TPSA) is 161 Å². The van der Waals surface area contributed by atoms with Crippen molar-refractivity contribution >= 4 is 62.8 Å². The van der Waals surface area contributed by atoms with E-state index >= 15 is 0 Å². The van der Waals surface area contributed by atoms with Crippen molar-refractivity contribution in [1.82, 2.24) is 0 Å². The third-order valence-corrected chi connectivity index (χ3v) is 0. The van der Waals surface area contributed by atoms with Gasteiger partial charge in [0.05, 0.1) is 0 Å². The molecule has 14 heavy (non-hydrogen) atoms. The smallest absolute Gasteiger partial charge is 2.00 e. The minimum atomic E-state index is -2.19. The summed E-state index contributed by atoms with van der Waals surface area (Å²) in [7, 11) is 0. The molecule has 0 aliphatic carbocycles. The van der Waals surface area contributed by atoms with Crippen LogP contribution in [0.3, 0.4) is 0 Å². The quantitative estimate of drug-likeness (QED) is 0.273. The predicted molar refractivity (Wildman–Crippen MR) is 31.3 cm³/mol. The second-order valence-electron chi connectivity index (χ2n) is 0.385. The van der Waals surface area contributed by atoms with E-state index in [2.05, 4.69) is 0 Å². The van der Waals surface area contributed by atoms with Crippen molar-refractivity contribution in [3.63, 3.8) is 0 Å². The summed E-state index contributed by atoms with van der Waals surface area (Å²) in [5.74, 6) is 0. The molecule has 1 radical (unpaired) electrons. The molecular formula is H4Ge4MnO8Zn. The van der Waals surface area contributed by atoms with Gasteiger partial charge in [-0.15, -0.1) is 0 Å². The molecule has 0 amide bonds. The Morgan fingerprint density at radius 1 is 0.571 bits per heavy atom. The molecule has 0 saturated heterocycles. The molecule has 0 bridgehead atoms. The van der Waals surface area contributed by atoms with Crippen LogP contribution >= 0.6 is 0 Å². The van der Waals surface area contributed by atoms with Crippen molar-refractivity contribution in [2.45, 2.75) is 0 Å². The SMILES string of the molecule is [Mn+2].[O]=[GeH][O-].[O]=[GeH][O-].[O]=[GeH][O-].[O]=[GeH][O-].[Zn+2]. The first-order valence-electron chi connectivity index (χ1n) is 1.89. The number of hydrogen-bond acceptors (Lipinski definition) is 8. The molecule has 0 rings (SSSR count). The van der Waals surface area contributed by atoms with Gasteiger partial charge < -0.3 is 0 Å². The molecule has 0 atom stereocenters. The van der Waals surface area contributed by atoms with Crippen molar-refractivity contribution in [3.8, 4) is 0 Å². The maximum atomic E-state index is 8.53. The van der Waals surface area contributed by atoms with Gasteiger partial charge in [0.15, 0.2) is 0 Å². The van der Waals surface area contributed by atoms with Gasteiger partial charge >= 0.3 is 131 Å². The van der Waals surface area contributed by atoms with Crippen molar-refractivity contribution in [2.24, 2.45) is 0 Å². The monoisotopic (exact) mass is 547 g/mol. The van der Waals surface area contributed by atoms with Gasteiger partial charge in [0.2, 0.25) is 0 Å². The summed E-state index contributed by atoms with van der Waals surface area (Å²) in [5.41, 5.74) is 0. The fraction of sp³-hybridized carbons (Fsp3) is 0. The van der Waals surface area contributed by atoms with Crippen molar-refractivity contribution in [1.29, 1.82) is 0 Å². The Hall–Kier alpha value is 1.71. The summed E-state index contributed by atoms with van der Waals surface area (Å²) >= 11 is -8.75. The van der Waals surface area contributed by atoms with E-state index in [0.717, 1.165) is 0 Å². The second-order valence-corrected chi connectivity index (χ2v) is 2.00. The molecule has 77 valence electrons. The minimum absolute atomic E-state index is 0. The Morgan fingerprint density at radius 3 is 0.571 bits per heavy atom. The van der Waals surface area contributed by atoms with E-state index in [1.165, 1.54) is 0 Å². The molecule has 0 aromatic rings. The Bertz CT molecular complexity index is 75.3. The zero-order chi connectivity index (χ0) is 10.8. The van der Waals surface area contributed by atoms with Gasteiger partial charge in [-0.3, -0.25) is 0 Å².